The Balaban J connectivity index is 1.58. The monoisotopic (exact) mass is 394 g/mol. The van der Waals surface area contributed by atoms with E-state index in [4.69, 9.17) is 0 Å². The molecule has 3 heteroatoms. The van der Waals surface area contributed by atoms with Gasteiger partial charge in [-0.3, -0.25) is 4.39 Å². The highest BCUT2D eigenvalue weighted by molar-refractivity contribution is 5.31. The van der Waals surface area contributed by atoms with E-state index in [1.54, 1.807) is 12.1 Å². The Kier molecular flexibility index (Phi) is 8.29. The van der Waals surface area contributed by atoms with E-state index < -0.39 is 0 Å². The van der Waals surface area contributed by atoms with Gasteiger partial charge >= 0.3 is 0 Å². The van der Waals surface area contributed by atoms with Crippen molar-refractivity contribution in [2.24, 2.45) is 11.8 Å². The lowest BCUT2D eigenvalue weighted by Crippen LogP contribution is -2.17. The number of hydrogen-bond donors (Lipinski definition) is 0. The Bertz CT molecular complexity index is 573. The summed E-state index contributed by atoms with van der Waals surface area (Å²) in [6, 6.07) is 3.24. The predicted molar refractivity (Wildman–Crippen MR) is 110 cm³/mol. The molecule has 1 aromatic rings. The molecule has 0 nitrogen and oxygen atoms in total. The lowest BCUT2D eigenvalue weighted by atomic mass is 9.75. The zero-order chi connectivity index (χ0) is 19.9. The first-order valence-electron chi connectivity index (χ1n) is 11.7. The SMILES string of the molecule is CCCCCC1CCC(c2cc(F)c(C3CCC(CCF)CC3)c(F)c2)CC1. The molecular weight excluding hydrogens is 357 g/mol. The van der Waals surface area contributed by atoms with Gasteiger partial charge in [-0.25, -0.2) is 8.78 Å². The fraction of sp³-hybridized carbons (Fsp3) is 0.760. The molecule has 0 N–H and O–H groups in total. The highest BCUT2D eigenvalue weighted by atomic mass is 19.1. The Morgan fingerprint density at radius 1 is 0.750 bits per heavy atom. The Hall–Kier alpha value is -0.990. The molecule has 0 atom stereocenters. The maximum Gasteiger partial charge on any atom is 0.129 e. The van der Waals surface area contributed by atoms with Crippen molar-refractivity contribution < 1.29 is 13.2 Å². The molecule has 0 unspecified atom stereocenters. The van der Waals surface area contributed by atoms with E-state index in [-0.39, 0.29) is 29.8 Å². The highest BCUT2D eigenvalue weighted by Gasteiger charge is 2.29. The fourth-order valence-electron chi connectivity index (χ4n) is 5.59. The quantitative estimate of drug-likeness (QED) is 0.388. The van der Waals surface area contributed by atoms with E-state index in [1.165, 1.54) is 38.5 Å². The van der Waals surface area contributed by atoms with Crippen molar-refractivity contribution in [2.75, 3.05) is 6.67 Å². The zero-order valence-corrected chi connectivity index (χ0v) is 17.5. The maximum atomic E-state index is 14.9. The average Bonchev–Trinajstić information content (AvgIpc) is 2.70. The van der Waals surface area contributed by atoms with Crippen LogP contribution in [0.2, 0.25) is 0 Å². The molecule has 0 heterocycles. The van der Waals surface area contributed by atoms with E-state index in [0.717, 1.165) is 50.0 Å². The van der Waals surface area contributed by atoms with Gasteiger partial charge in [0.25, 0.3) is 0 Å². The van der Waals surface area contributed by atoms with Crippen LogP contribution in [0.5, 0.6) is 0 Å². The molecule has 28 heavy (non-hydrogen) atoms. The Morgan fingerprint density at radius 2 is 1.29 bits per heavy atom. The molecule has 0 aromatic heterocycles. The van der Waals surface area contributed by atoms with Gasteiger partial charge in [0.05, 0.1) is 6.67 Å². The van der Waals surface area contributed by atoms with Gasteiger partial charge in [-0.2, -0.15) is 0 Å². The largest absolute Gasteiger partial charge is 0.251 e. The minimum atomic E-state index is -0.353. The summed E-state index contributed by atoms with van der Waals surface area (Å²) < 4.78 is 42.3. The van der Waals surface area contributed by atoms with Gasteiger partial charge in [0.2, 0.25) is 0 Å². The van der Waals surface area contributed by atoms with E-state index in [9.17, 15) is 13.2 Å². The molecule has 0 saturated heterocycles. The summed E-state index contributed by atoms with van der Waals surface area (Å²) in [7, 11) is 0. The summed E-state index contributed by atoms with van der Waals surface area (Å²) in [6.07, 6.45) is 13.6. The second-order valence-corrected chi connectivity index (χ2v) is 9.31. The molecule has 0 amide bonds. The first kappa shape index (κ1) is 21.7. The molecule has 2 aliphatic rings. The molecule has 1 aromatic carbocycles. The van der Waals surface area contributed by atoms with Crippen molar-refractivity contribution in [2.45, 2.75) is 102 Å². The van der Waals surface area contributed by atoms with Gasteiger partial charge < -0.3 is 0 Å². The van der Waals surface area contributed by atoms with Crippen LogP contribution in [0, 0.1) is 23.5 Å². The molecule has 158 valence electrons. The Labute approximate surface area is 169 Å². The molecular formula is C25H37F3. The van der Waals surface area contributed by atoms with Crippen molar-refractivity contribution in [3.8, 4) is 0 Å². The molecule has 2 fully saturated rings. The summed E-state index contributed by atoms with van der Waals surface area (Å²) >= 11 is 0. The molecule has 0 spiro atoms. The van der Waals surface area contributed by atoms with Gasteiger partial charge in [0.15, 0.2) is 0 Å². The number of benzene rings is 1. The number of rotatable bonds is 8. The molecule has 2 aliphatic carbocycles. The third kappa shape index (κ3) is 5.54. The highest BCUT2D eigenvalue weighted by Crippen LogP contribution is 2.42. The van der Waals surface area contributed by atoms with Crippen LogP contribution < -0.4 is 0 Å². The second-order valence-electron chi connectivity index (χ2n) is 9.31. The van der Waals surface area contributed by atoms with E-state index in [2.05, 4.69) is 6.92 Å². The topological polar surface area (TPSA) is 0 Å². The summed E-state index contributed by atoms with van der Waals surface area (Å²) in [5, 5.41) is 0. The first-order chi connectivity index (χ1) is 13.6. The van der Waals surface area contributed by atoms with Crippen LogP contribution >= 0.6 is 0 Å². The minimum Gasteiger partial charge on any atom is -0.251 e. The van der Waals surface area contributed by atoms with Crippen LogP contribution in [-0.2, 0) is 0 Å². The van der Waals surface area contributed by atoms with Crippen LogP contribution in [-0.4, -0.2) is 6.67 Å². The fourth-order valence-corrected chi connectivity index (χ4v) is 5.59. The van der Waals surface area contributed by atoms with Crippen molar-refractivity contribution >= 4 is 0 Å². The standard InChI is InChI=1S/C25H37F3/c1-2-3-4-5-18-6-10-20(11-7-18)22-16-23(27)25(24(28)17-22)21-12-8-19(9-13-21)14-15-26/h16-21H,2-15H2,1H3. The Morgan fingerprint density at radius 3 is 1.82 bits per heavy atom. The van der Waals surface area contributed by atoms with Gasteiger partial charge in [-0.1, -0.05) is 32.6 Å². The summed E-state index contributed by atoms with van der Waals surface area (Å²) in [4.78, 5) is 0. The summed E-state index contributed by atoms with van der Waals surface area (Å²) in [6.45, 7) is 1.95. The van der Waals surface area contributed by atoms with Gasteiger partial charge in [0, 0.05) is 5.56 Å². The third-order valence-electron chi connectivity index (χ3n) is 7.41. The van der Waals surface area contributed by atoms with Crippen molar-refractivity contribution in [1.82, 2.24) is 0 Å². The average molecular weight is 395 g/mol. The van der Waals surface area contributed by atoms with Crippen molar-refractivity contribution in [3.63, 3.8) is 0 Å². The smallest absolute Gasteiger partial charge is 0.129 e. The maximum absolute atomic E-state index is 14.9. The van der Waals surface area contributed by atoms with Gasteiger partial charge in [0.1, 0.15) is 11.6 Å². The second kappa shape index (κ2) is 10.7. The van der Waals surface area contributed by atoms with Gasteiger partial charge in [-0.15, -0.1) is 0 Å². The summed E-state index contributed by atoms with van der Waals surface area (Å²) in [5.41, 5.74) is 1.15. The van der Waals surface area contributed by atoms with Crippen LogP contribution in [0.1, 0.15) is 113 Å². The number of halogens is 3. The van der Waals surface area contributed by atoms with E-state index in [1.807, 2.05) is 0 Å². The minimum absolute atomic E-state index is 0.0424. The molecule has 0 radical (unpaired) electrons. The molecule has 0 aliphatic heterocycles. The predicted octanol–water partition coefficient (Wildman–Crippen LogP) is 8.45. The zero-order valence-electron chi connectivity index (χ0n) is 17.5. The number of hydrogen-bond acceptors (Lipinski definition) is 0. The summed E-state index contributed by atoms with van der Waals surface area (Å²) in [5.74, 6) is 0.749. The van der Waals surface area contributed by atoms with E-state index in [0.29, 0.717) is 18.3 Å². The number of alkyl halides is 1. The van der Waals surface area contributed by atoms with Gasteiger partial charge in [-0.05, 0) is 99.2 Å². The molecule has 2 saturated carbocycles. The third-order valence-corrected chi connectivity index (χ3v) is 7.41. The van der Waals surface area contributed by atoms with Crippen molar-refractivity contribution in [3.05, 3.63) is 34.9 Å². The molecule has 0 bridgehead atoms. The first-order valence-corrected chi connectivity index (χ1v) is 11.7. The van der Waals surface area contributed by atoms with Crippen LogP contribution in [0.15, 0.2) is 12.1 Å². The molecule has 3 rings (SSSR count). The lowest BCUT2D eigenvalue weighted by Gasteiger charge is -2.31. The van der Waals surface area contributed by atoms with Crippen molar-refractivity contribution in [1.29, 1.82) is 0 Å². The van der Waals surface area contributed by atoms with Crippen LogP contribution in [0.4, 0.5) is 13.2 Å². The van der Waals surface area contributed by atoms with E-state index >= 15 is 0 Å². The lowest BCUT2D eigenvalue weighted by molar-refractivity contribution is 0.277. The van der Waals surface area contributed by atoms with Crippen LogP contribution in [0.3, 0.4) is 0 Å². The normalized spacial score (nSPS) is 28.4. The van der Waals surface area contributed by atoms with Crippen LogP contribution in [0.25, 0.3) is 0 Å². The number of unbranched alkanes of at least 4 members (excludes halogenated alkanes) is 2.